The number of rotatable bonds is 7. The molecule has 0 aliphatic rings. The lowest BCUT2D eigenvalue weighted by molar-refractivity contribution is 0.237. The SMILES string of the molecule is CCC(CC)COc1cc(OC)ccc1C(C)N. The fourth-order valence-electron chi connectivity index (χ4n) is 1.87. The molecule has 3 heteroatoms. The largest absolute Gasteiger partial charge is 0.497 e. The molecule has 1 aromatic carbocycles. The lowest BCUT2D eigenvalue weighted by Crippen LogP contribution is -2.13. The Balaban J connectivity index is 2.83. The molecule has 2 N–H and O–H groups in total. The average molecular weight is 251 g/mol. The van der Waals surface area contributed by atoms with Gasteiger partial charge in [-0.3, -0.25) is 0 Å². The smallest absolute Gasteiger partial charge is 0.127 e. The molecule has 0 saturated carbocycles. The van der Waals surface area contributed by atoms with Crippen molar-refractivity contribution in [3.05, 3.63) is 23.8 Å². The summed E-state index contributed by atoms with van der Waals surface area (Å²) in [6.07, 6.45) is 2.27. The Morgan fingerprint density at radius 1 is 1.22 bits per heavy atom. The van der Waals surface area contributed by atoms with E-state index in [0.29, 0.717) is 5.92 Å². The Kier molecular flexibility index (Phi) is 5.99. The third kappa shape index (κ3) is 3.91. The van der Waals surface area contributed by atoms with Gasteiger partial charge in [-0.2, -0.15) is 0 Å². The first kappa shape index (κ1) is 14.8. The van der Waals surface area contributed by atoms with Crippen LogP contribution in [0.4, 0.5) is 0 Å². The van der Waals surface area contributed by atoms with E-state index in [9.17, 15) is 0 Å². The van der Waals surface area contributed by atoms with Gasteiger partial charge in [0.2, 0.25) is 0 Å². The first-order valence-corrected chi connectivity index (χ1v) is 6.68. The third-order valence-corrected chi connectivity index (χ3v) is 3.34. The Bertz CT molecular complexity index is 360. The van der Waals surface area contributed by atoms with Crippen LogP contribution in [0.1, 0.15) is 45.2 Å². The molecule has 0 aliphatic heterocycles. The Morgan fingerprint density at radius 3 is 2.39 bits per heavy atom. The number of hydrogen-bond acceptors (Lipinski definition) is 3. The molecule has 18 heavy (non-hydrogen) atoms. The molecule has 1 atom stereocenters. The van der Waals surface area contributed by atoms with Crippen molar-refractivity contribution in [1.29, 1.82) is 0 Å². The number of hydrogen-bond donors (Lipinski definition) is 1. The maximum Gasteiger partial charge on any atom is 0.127 e. The van der Waals surface area contributed by atoms with Crippen LogP contribution in [0.3, 0.4) is 0 Å². The molecule has 0 aliphatic carbocycles. The van der Waals surface area contributed by atoms with Crippen molar-refractivity contribution >= 4 is 0 Å². The van der Waals surface area contributed by atoms with Crippen molar-refractivity contribution in [2.75, 3.05) is 13.7 Å². The van der Waals surface area contributed by atoms with E-state index in [1.165, 1.54) is 0 Å². The van der Waals surface area contributed by atoms with E-state index in [4.69, 9.17) is 15.2 Å². The molecule has 0 saturated heterocycles. The highest BCUT2D eigenvalue weighted by atomic mass is 16.5. The lowest BCUT2D eigenvalue weighted by Gasteiger charge is -2.18. The van der Waals surface area contributed by atoms with Gasteiger partial charge >= 0.3 is 0 Å². The minimum absolute atomic E-state index is 0.0346. The molecule has 1 unspecified atom stereocenters. The fourth-order valence-corrected chi connectivity index (χ4v) is 1.87. The van der Waals surface area contributed by atoms with E-state index in [1.807, 2.05) is 25.1 Å². The van der Waals surface area contributed by atoms with E-state index < -0.39 is 0 Å². The van der Waals surface area contributed by atoms with Gasteiger partial charge in [0.25, 0.3) is 0 Å². The first-order chi connectivity index (χ1) is 8.62. The van der Waals surface area contributed by atoms with Crippen LogP contribution in [0.25, 0.3) is 0 Å². The summed E-state index contributed by atoms with van der Waals surface area (Å²) in [6, 6.07) is 5.78. The van der Waals surface area contributed by atoms with Gasteiger partial charge in [-0.15, -0.1) is 0 Å². The summed E-state index contributed by atoms with van der Waals surface area (Å²) in [4.78, 5) is 0. The van der Waals surface area contributed by atoms with Gasteiger partial charge < -0.3 is 15.2 Å². The zero-order valence-electron chi connectivity index (χ0n) is 11.9. The maximum absolute atomic E-state index is 5.96. The van der Waals surface area contributed by atoms with E-state index in [0.717, 1.165) is 36.5 Å². The second kappa shape index (κ2) is 7.27. The Hall–Kier alpha value is -1.22. The molecule has 3 nitrogen and oxygen atoms in total. The molecule has 0 radical (unpaired) electrons. The Labute approximate surface area is 110 Å². The summed E-state index contributed by atoms with van der Waals surface area (Å²) >= 11 is 0. The van der Waals surface area contributed by atoms with Crippen LogP contribution in [-0.2, 0) is 0 Å². The fraction of sp³-hybridized carbons (Fsp3) is 0.600. The maximum atomic E-state index is 5.96. The minimum atomic E-state index is -0.0346. The number of methoxy groups -OCH3 is 1. The summed E-state index contributed by atoms with van der Waals surface area (Å²) in [6.45, 7) is 7.08. The van der Waals surface area contributed by atoms with Crippen molar-refractivity contribution in [2.45, 2.75) is 39.7 Å². The standard InChI is InChI=1S/C15H25NO2/c1-5-12(6-2)10-18-15-9-13(17-4)7-8-14(15)11(3)16/h7-9,11-12H,5-6,10,16H2,1-4H3. The van der Waals surface area contributed by atoms with Crippen molar-refractivity contribution in [2.24, 2.45) is 11.7 Å². The second-order valence-corrected chi connectivity index (χ2v) is 4.69. The average Bonchev–Trinajstić information content (AvgIpc) is 2.39. The monoisotopic (exact) mass is 251 g/mol. The first-order valence-electron chi connectivity index (χ1n) is 6.68. The zero-order valence-corrected chi connectivity index (χ0v) is 11.9. The Morgan fingerprint density at radius 2 is 1.89 bits per heavy atom. The molecule has 1 aromatic rings. The van der Waals surface area contributed by atoms with Crippen LogP contribution in [0.15, 0.2) is 18.2 Å². The minimum Gasteiger partial charge on any atom is -0.497 e. The van der Waals surface area contributed by atoms with Crippen LogP contribution in [0.5, 0.6) is 11.5 Å². The highest BCUT2D eigenvalue weighted by Crippen LogP contribution is 2.29. The summed E-state index contributed by atoms with van der Waals surface area (Å²) in [5, 5.41) is 0. The molecule has 0 fully saturated rings. The molecular formula is C15H25NO2. The zero-order chi connectivity index (χ0) is 13.5. The molecule has 0 spiro atoms. The van der Waals surface area contributed by atoms with Gasteiger partial charge in [0, 0.05) is 17.7 Å². The summed E-state index contributed by atoms with van der Waals surface area (Å²) < 4.78 is 11.2. The molecule has 0 amide bonds. The topological polar surface area (TPSA) is 44.5 Å². The van der Waals surface area contributed by atoms with E-state index in [1.54, 1.807) is 7.11 Å². The van der Waals surface area contributed by atoms with Crippen LogP contribution in [0.2, 0.25) is 0 Å². The van der Waals surface area contributed by atoms with Crippen molar-refractivity contribution in [3.63, 3.8) is 0 Å². The number of ether oxygens (including phenoxy) is 2. The van der Waals surface area contributed by atoms with Crippen LogP contribution < -0.4 is 15.2 Å². The second-order valence-electron chi connectivity index (χ2n) is 4.69. The number of benzene rings is 1. The van der Waals surface area contributed by atoms with Gasteiger partial charge in [0.15, 0.2) is 0 Å². The van der Waals surface area contributed by atoms with Gasteiger partial charge in [0.05, 0.1) is 13.7 Å². The van der Waals surface area contributed by atoms with E-state index >= 15 is 0 Å². The van der Waals surface area contributed by atoms with Crippen molar-refractivity contribution < 1.29 is 9.47 Å². The molecule has 102 valence electrons. The summed E-state index contributed by atoms with van der Waals surface area (Å²) in [7, 11) is 1.66. The predicted molar refractivity (Wildman–Crippen MR) is 75.2 cm³/mol. The quantitative estimate of drug-likeness (QED) is 0.806. The third-order valence-electron chi connectivity index (χ3n) is 3.34. The molecule has 0 aromatic heterocycles. The van der Waals surface area contributed by atoms with Crippen molar-refractivity contribution in [3.8, 4) is 11.5 Å². The molecule has 0 bridgehead atoms. The van der Waals surface area contributed by atoms with Gasteiger partial charge in [-0.1, -0.05) is 32.8 Å². The van der Waals surface area contributed by atoms with Crippen LogP contribution in [0, 0.1) is 5.92 Å². The van der Waals surface area contributed by atoms with Crippen LogP contribution in [-0.4, -0.2) is 13.7 Å². The molecular weight excluding hydrogens is 226 g/mol. The molecule has 0 heterocycles. The van der Waals surface area contributed by atoms with Gasteiger partial charge in [-0.05, 0) is 18.9 Å². The van der Waals surface area contributed by atoms with Gasteiger partial charge in [0.1, 0.15) is 11.5 Å². The van der Waals surface area contributed by atoms with Crippen LogP contribution >= 0.6 is 0 Å². The highest BCUT2D eigenvalue weighted by molar-refractivity contribution is 5.42. The number of nitrogens with two attached hydrogens (primary N) is 1. The summed E-state index contributed by atoms with van der Waals surface area (Å²) in [5.41, 5.74) is 6.99. The highest BCUT2D eigenvalue weighted by Gasteiger charge is 2.11. The predicted octanol–water partition coefficient (Wildman–Crippen LogP) is 3.53. The van der Waals surface area contributed by atoms with E-state index in [2.05, 4.69) is 13.8 Å². The summed E-state index contributed by atoms with van der Waals surface area (Å²) in [5.74, 6) is 2.24. The normalized spacial score (nSPS) is 12.6. The van der Waals surface area contributed by atoms with Gasteiger partial charge in [-0.25, -0.2) is 0 Å². The lowest BCUT2D eigenvalue weighted by atomic mass is 10.0. The van der Waals surface area contributed by atoms with Crippen molar-refractivity contribution in [1.82, 2.24) is 0 Å². The van der Waals surface area contributed by atoms with E-state index in [-0.39, 0.29) is 6.04 Å². The molecule has 1 rings (SSSR count).